The van der Waals surface area contributed by atoms with Crippen LogP contribution in [-0.4, -0.2) is 35.1 Å². The summed E-state index contributed by atoms with van der Waals surface area (Å²) in [4.78, 5) is 6.79. The Kier molecular flexibility index (Phi) is 4.32. The maximum atomic E-state index is 6.19. The van der Waals surface area contributed by atoms with E-state index in [1.165, 1.54) is 19.3 Å². The Balaban J connectivity index is 1.74. The van der Waals surface area contributed by atoms with Gasteiger partial charge < -0.3 is 10.2 Å². The number of halogens is 3. The number of piperidine rings is 2. The van der Waals surface area contributed by atoms with Crippen LogP contribution < -0.4 is 5.32 Å². The van der Waals surface area contributed by atoms with Crippen molar-refractivity contribution in [3.05, 3.63) is 21.3 Å². The van der Waals surface area contributed by atoms with Gasteiger partial charge in [-0.1, -0.05) is 41.2 Å². The first-order valence-electron chi connectivity index (χ1n) is 7.04. The quantitative estimate of drug-likeness (QED) is 0.809. The van der Waals surface area contributed by atoms with Crippen molar-refractivity contribution in [3.63, 3.8) is 0 Å². The van der Waals surface area contributed by atoms with E-state index in [1.807, 2.05) is 0 Å². The smallest absolute Gasteiger partial charge is 0.150 e. The van der Waals surface area contributed by atoms with Crippen molar-refractivity contribution in [1.29, 1.82) is 0 Å². The normalized spacial score (nSPS) is 30.3. The van der Waals surface area contributed by atoms with E-state index >= 15 is 0 Å². The molecule has 3 nitrogen and oxygen atoms in total. The van der Waals surface area contributed by atoms with Crippen LogP contribution in [0.3, 0.4) is 0 Å². The molecule has 110 valence electrons. The van der Waals surface area contributed by atoms with Crippen LogP contribution in [0, 0.1) is 0 Å². The molecule has 0 aliphatic carbocycles. The molecule has 1 N–H and O–H groups in total. The fraction of sp³-hybridized carbons (Fsp3) is 0.643. The highest BCUT2D eigenvalue weighted by Gasteiger charge is 2.36. The van der Waals surface area contributed by atoms with Gasteiger partial charge in [0.15, 0.2) is 0 Å². The third-order valence-electron chi connectivity index (χ3n) is 4.57. The maximum absolute atomic E-state index is 6.19. The molecule has 0 spiro atoms. The van der Waals surface area contributed by atoms with Crippen LogP contribution in [0.2, 0.25) is 15.2 Å². The fourth-order valence-corrected chi connectivity index (χ4v) is 4.02. The molecule has 0 saturated carbocycles. The van der Waals surface area contributed by atoms with Gasteiger partial charge in [0.05, 0.1) is 10.0 Å². The van der Waals surface area contributed by atoms with Crippen molar-refractivity contribution >= 4 is 40.6 Å². The van der Waals surface area contributed by atoms with Crippen molar-refractivity contribution < 1.29 is 0 Å². The lowest BCUT2D eigenvalue weighted by atomic mass is 9.82. The molecule has 0 radical (unpaired) electrons. The predicted molar refractivity (Wildman–Crippen MR) is 85.1 cm³/mol. The van der Waals surface area contributed by atoms with Crippen LogP contribution in [-0.2, 0) is 0 Å². The van der Waals surface area contributed by atoms with Crippen molar-refractivity contribution in [2.24, 2.45) is 0 Å². The Labute approximate surface area is 134 Å². The van der Waals surface area contributed by atoms with Crippen LogP contribution in [0.25, 0.3) is 0 Å². The number of hydrogen-bond donors (Lipinski definition) is 1. The van der Waals surface area contributed by atoms with Gasteiger partial charge in [-0.15, -0.1) is 0 Å². The summed E-state index contributed by atoms with van der Waals surface area (Å²) < 4.78 is 0. The zero-order valence-electron chi connectivity index (χ0n) is 11.4. The van der Waals surface area contributed by atoms with Crippen molar-refractivity contribution in [2.75, 3.05) is 12.4 Å². The number of rotatable bonds is 2. The standard InChI is InChI=1S/C14H18Cl3N3/c1-20-9-3-2-4-10(20)6-8(5-9)18-14-12(16)7-11(15)13(17)19-14/h7-10H,2-6H2,1H3,(H,18,19). The first-order chi connectivity index (χ1) is 9.54. The van der Waals surface area contributed by atoms with E-state index in [-0.39, 0.29) is 0 Å². The summed E-state index contributed by atoms with van der Waals surface area (Å²) in [6, 6.07) is 3.39. The fourth-order valence-electron chi connectivity index (χ4n) is 3.47. The molecular formula is C14H18Cl3N3. The third-order valence-corrected chi connectivity index (χ3v) is 5.53. The van der Waals surface area contributed by atoms with Gasteiger partial charge in [0, 0.05) is 18.1 Å². The number of pyridine rings is 1. The van der Waals surface area contributed by atoms with Gasteiger partial charge in [0.2, 0.25) is 0 Å². The number of fused-ring (bicyclic) bond motifs is 2. The monoisotopic (exact) mass is 333 g/mol. The minimum Gasteiger partial charge on any atom is -0.366 e. The first-order valence-corrected chi connectivity index (χ1v) is 8.18. The summed E-state index contributed by atoms with van der Waals surface area (Å²) in [6.45, 7) is 0. The highest BCUT2D eigenvalue weighted by molar-refractivity contribution is 6.42. The van der Waals surface area contributed by atoms with Gasteiger partial charge >= 0.3 is 0 Å². The summed E-state index contributed by atoms with van der Waals surface area (Å²) in [7, 11) is 2.25. The Morgan fingerprint density at radius 1 is 1.15 bits per heavy atom. The molecule has 3 heterocycles. The van der Waals surface area contributed by atoms with Crippen LogP contribution in [0.4, 0.5) is 5.82 Å². The number of anilines is 1. The lowest BCUT2D eigenvalue weighted by molar-refractivity contribution is 0.0608. The van der Waals surface area contributed by atoms with Crippen LogP contribution in [0.5, 0.6) is 0 Å². The van der Waals surface area contributed by atoms with Gasteiger partial charge in [-0.3, -0.25) is 0 Å². The van der Waals surface area contributed by atoms with Crippen LogP contribution in [0.1, 0.15) is 32.1 Å². The molecule has 20 heavy (non-hydrogen) atoms. The second-order valence-corrected chi connectivity index (χ2v) is 6.98. The Morgan fingerprint density at radius 2 is 1.80 bits per heavy atom. The van der Waals surface area contributed by atoms with Crippen molar-refractivity contribution in [3.8, 4) is 0 Å². The van der Waals surface area contributed by atoms with Gasteiger partial charge in [-0.05, 0) is 38.8 Å². The molecule has 0 aromatic carbocycles. The molecule has 2 unspecified atom stereocenters. The average molecular weight is 335 g/mol. The average Bonchev–Trinajstić information content (AvgIpc) is 2.37. The van der Waals surface area contributed by atoms with E-state index in [1.54, 1.807) is 6.07 Å². The minimum atomic E-state index is 0.298. The molecule has 0 amide bonds. The third kappa shape index (κ3) is 2.87. The van der Waals surface area contributed by atoms with E-state index in [2.05, 4.69) is 22.2 Å². The number of aromatic nitrogens is 1. The topological polar surface area (TPSA) is 28.2 Å². The highest BCUT2D eigenvalue weighted by atomic mass is 35.5. The van der Waals surface area contributed by atoms with E-state index in [9.17, 15) is 0 Å². The summed E-state index contributed by atoms with van der Waals surface area (Å²) >= 11 is 18.1. The molecule has 2 fully saturated rings. The van der Waals surface area contributed by atoms with Gasteiger partial charge in [-0.2, -0.15) is 0 Å². The molecule has 2 aliphatic heterocycles. The summed E-state index contributed by atoms with van der Waals surface area (Å²) in [6.07, 6.45) is 6.18. The number of nitrogens with one attached hydrogen (secondary N) is 1. The zero-order valence-corrected chi connectivity index (χ0v) is 13.6. The first kappa shape index (κ1) is 14.7. The number of nitrogens with zero attached hydrogens (tertiary/aromatic N) is 2. The largest absolute Gasteiger partial charge is 0.366 e. The zero-order chi connectivity index (χ0) is 14.3. The van der Waals surface area contributed by atoms with E-state index < -0.39 is 0 Å². The van der Waals surface area contributed by atoms with Gasteiger partial charge in [0.1, 0.15) is 11.0 Å². The minimum absolute atomic E-state index is 0.298. The van der Waals surface area contributed by atoms with Crippen molar-refractivity contribution in [1.82, 2.24) is 9.88 Å². The summed E-state index contributed by atoms with van der Waals surface area (Å²) in [5.41, 5.74) is 0. The second kappa shape index (κ2) is 5.88. The predicted octanol–water partition coefficient (Wildman–Crippen LogP) is 4.47. The van der Waals surface area contributed by atoms with Gasteiger partial charge in [-0.25, -0.2) is 4.98 Å². The second-order valence-electron chi connectivity index (χ2n) is 5.81. The Morgan fingerprint density at radius 3 is 2.45 bits per heavy atom. The molecule has 2 saturated heterocycles. The van der Waals surface area contributed by atoms with E-state index in [0.717, 1.165) is 12.8 Å². The highest BCUT2D eigenvalue weighted by Crippen LogP contribution is 2.35. The SMILES string of the molecule is CN1C2CCCC1CC(Nc1nc(Cl)c(Cl)cc1Cl)C2. The summed E-state index contributed by atoms with van der Waals surface area (Å²) in [5, 5.41) is 4.67. The summed E-state index contributed by atoms with van der Waals surface area (Å²) in [5.74, 6) is 0.647. The molecule has 3 rings (SSSR count). The lowest BCUT2D eigenvalue weighted by Gasteiger charge is -2.47. The van der Waals surface area contributed by atoms with E-state index in [4.69, 9.17) is 34.8 Å². The lowest BCUT2D eigenvalue weighted by Crippen LogP contribution is -2.52. The Bertz CT molecular complexity index is 495. The Hall–Kier alpha value is -0.220. The molecular weight excluding hydrogens is 317 g/mol. The van der Waals surface area contributed by atoms with Crippen LogP contribution >= 0.6 is 34.8 Å². The van der Waals surface area contributed by atoms with Crippen molar-refractivity contribution in [2.45, 2.75) is 50.2 Å². The van der Waals surface area contributed by atoms with Crippen LogP contribution in [0.15, 0.2) is 6.07 Å². The van der Waals surface area contributed by atoms with Gasteiger partial charge in [0.25, 0.3) is 0 Å². The maximum Gasteiger partial charge on any atom is 0.150 e. The molecule has 1 aromatic heterocycles. The molecule has 2 aliphatic rings. The van der Waals surface area contributed by atoms with E-state index in [0.29, 0.717) is 39.1 Å². The molecule has 6 heteroatoms. The number of hydrogen-bond acceptors (Lipinski definition) is 3. The molecule has 1 aromatic rings. The molecule has 2 atom stereocenters. The molecule has 2 bridgehead atoms.